The fourth-order valence-corrected chi connectivity index (χ4v) is 2.57. The Balaban J connectivity index is 2.11. The molecule has 0 amide bonds. The maximum absolute atomic E-state index is 8.66. The van der Waals surface area contributed by atoms with Gasteiger partial charge in [0.05, 0.1) is 6.61 Å². The SMILES string of the molecule is NC(CO)CC1CCSC1. The Morgan fingerprint density at radius 2 is 2.50 bits per heavy atom. The first kappa shape index (κ1) is 8.37. The van der Waals surface area contributed by atoms with Crippen molar-refractivity contribution in [3.63, 3.8) is 0 Å². The molecule has 0 aromatic carbocycles. The minimum Gasteiger partial charge on any atom is -0.395 e. The second-order valence-electron chi connectivity index (χ2n) is 2.91. The van der Waals surface area contributed by atoms with Gasteiger partial charge in [0.2, 0.25) is 0 Å². The third-order valence-corrected chi connectivity index (χ3v) is 3.13. The molecule has 1 rings (SSSR count). The molecular weight excluding hydrogens is 146 g/mol. The molecule has 1 saturated heterocycles. The summed E-state index contributed by atoms with van der Waals surface area (Å²) in [5.41, 5.74) is 5.59. The van der Waals surface area contributed by atoms with Gasteiger partial charge in [-0.3, -0.25) is 0 Å². The Labute approximate surface area is 66.2 Å². The quantitative estimate of drug-likeness (QED) is 0.631. The summed E-state index contributed by atoms with van der Waals surface area (Å²) in [7, 11) is 0. The van der Waals surface area contributed by atoms with Crippen LogP contribution in [0.2, 0.25) is 0 Å². The van der Waals surface area contributed by atoms with E-state index in [4.69, 9.17) is 10.8 Å². The topological polar surface area (TPSA) is 46.2 Å². The van der Waals surface area contributed by atoms with Crippen LogP contribution in [0, 0.1) is 5.92 Å². The van der Waals surface area contributed by atoms with Crippen molar-refractivity contribution in [2.24, 2.45) is 11.7 Å². The van der Waals surface area contributed by atoms with Crippen molar-refractivity contribution in [3.8, 4) is 0 Å². The van der Waals surface area contributed by atoms with Gasteiger partial charge in [0.1, 0.15) is 0 Å². The second-order valence-corrected chi connectivity index (χ2v) is 4.06. The van der Waals surface area contributed by atoms with Gasteiger partial charge < -0.3 is 10.8 Å². The second kappa shape index (κ2) is 4.21. The number of hydrogen-bond donors (Lipinski definition) is 2. The fraction of sp³-hybridized carbons (Fsp3) is 1.00. The van der Waals surface area contributed by atoms with Crippen LogP contribution in [-0.2, 0) is 0 Å². The summed E-state index contributed by atoms with van der Waals surface area (Å²) < 4.78 is 0. The third kappa shape index (κ3) is 2.48. The highest BCUT2D eigenvalue weighted by Crippen LogP contribution is 2.26. The van der Waals surface area contributed by atoms with Crippen LogP contribution in [-0.4, -0.2) is 29.3 Å². The molecule has 3 heteroatoms. The number of hydrogen-bond acceptors (Lipinski definition) is 3. The lowest BCUT2D eigenvalue weighted by molar-refractivity contribution is 0.248. The van der Waals surface area contributed by atoms with Gasteiger partial charge in [-0.2, -0.15) is 11.8 Å². The van der Waals surface area contributed by atoms with Gasteiger partial charge in [0.15, 0.2) is 0 Å². The van der Waals surface area contributed by atoms with Gasteiger partial charge in [-0.05, 0) is 30.3 Å². The zero-order chi connectivity index (χ0) is 7.40. The summed E-state index contributed by atoms with van der Waals surface area (Å²) in [6.45, 7) is 0.140. The van der Waals surface area contributed by atoms with Gasteiger partial charge in [-0.1, -0.05) is 0 Å². The Bertz CT molecular complexity index is 93.6. The maximum atomic E-state index is 8.66. The van der Waals surface area contributed by atoms with E-state index in [1.807, 2.05) is 11.8 Å². The minimum absolute atomic E-state index is 0.0173. The number of rotatable bonds is 3. The van der Waals surface area contributed by atoms with Crippen LogP contribution in [0.25, 0.3) is 0 Å². The predicted octanol–water partition coefficient (Wildman–Crippen LogP) is 0.449. The standard InChI is InChI=1S/C7H15NOS/c8-7(4-9)3-6-1-2-10-5-6/h6-7,9H,1-5,8H2. The van der Waals surface area contributed by atoms with E-state index in [1.165, 1.54) is 17.9 Å². The minimum atomic E-state index is 0.0173. The lowest BCUT2D eigenvalue weighted by Gasteiger charge is -2.12. The van der Waals surface area contributed by atoms with E-state index in [0.717, 1.165) is 12.3 Å². The van der Waals surface area contributed by atoms with E-state index >= 15 is 0 Å². The molecule has 60 valence electrons. The smallest absolute Gasteiger partial charge is 0.0582 e. The largest absolute Gasteiger partial charge is 0.395 e. The zero-order valence-electron chi connectivity index (χ0n) is 6.12. The van der Waals surface area contributed by atoms with Gasteiger partial charge in [0, 0.05) is 6.04 Å². The molecule has 10 heavy (non-hydrogen) atoms. The monoisotopic (exact) mass is 161 g/mol. The molecule has 2 unspecified atom stereocenters. The molecule has 0 bridgehead atoms. The van der Waals surface area contributed by atoms with Gasteiger partial charge in [-0.25, -0.2) is 0 Å². The molecule has 3 N–H and O–H groups in total. The molecule has 0 radical (unpaired) electrons. The maximum Gasteiger partial charge on any atom is 0.0582 e. The Morgan fingerprint density at radius 3 is 3.00 bits per heavy atom. The Hall–Kier alpha value is 0.270. The molecule has 2 atom stereocenters. The first-order chi connectivity index (χ1) is 4.83. The van der Waals surface area contributed by atoms with Crippen molar-refractivity contribution in [2.75, 3.05) is 18.1 Å². The van der Waals surface area contributed by atoms with Crippen LogP contribution in [0.5, 0.6) is 0 Å². The molecule has 1 aliphatic rings. The van der Waals surface area contributed by atoms with E-state index in [2.05, 4.69) is 0 Å². The van der Waals surface area contributed by atoms with Crippen LogP contribution in [0.4, 0.5) is 0 Å². The molecule has 0 aromatic rings. The Morgan fingerprint density at radius 1 is 1.70 bits per heavy atom. The molecule has 1 aliphatic heterocycles. The molecule has 2 nitrogen and oxygen atoms in total. The van der Waals surface area contributed by atoms with E-state index in [-0.39, 0.29) is 12.6 Å². The highest BCUT2D eigenvalue weighted by Gasteiger charge is 2.17. The van der Waals surface area contributed by atoms with Crippen LogP contribution < -0.4 is 5.73 Å². The molecule has 1 fully saturated rings. The van der Waals surface area contributed by atoms with E-state index < -0.39 is 0 Å². The van der Waals surface area contributed by atoms with Gasteiger partial charge in [-0.15, -0.1) is 0 Å². The van der Waals surface area contributed by atoms with Crippen LogP contribution in [0.1, 0.15) is 12.8 Å². The fourth-order valence-electron chi connectivity index (χ4n) is 1.27. The first-order valence-corrected chi connectivity index (χ1v) is 4.92. The molecule has 0 saturated carbocycles. The van der Waals surface area contributed by atoms with Crippen molar-refractivity contribution in [3.05, 3.63) is 0 Å². The number of aliphatic hydroxyl groups excluding tert-OH is 1. The summed E-state index contributed by atoms with van der Waals surface area (Å²) in [5.74, 6) is 3.29. The van der Waals surface area contributed by atoms with Crippen LogP contribution >= 0.6 is 11.8 Å². The number of nitrogens with two attached hydrogens (primary N) is 1. The van der Waals surface area contributed by atoms with Crippen molar-refractivity contribution >= 4 is 11.8 Å². The highest BCUT2D eigenvalue weighted by atomic mass is 32.2. The number of thioether (sulfide) groups is 1. The average molecular weight is 161 g/mol. The lowest BCUT2D eigenvalue weighted by atomic mass is 10.0. The van der Waals surface area contributed by atoms with Gasteiger partial charge in [0.25, 0.3) is 0 Å². The summed E-state index contributed by atoms with van der Waals surface area (Å²) >= 11 is 2.00. The van der Waals surface area contributed by atoms with Crippen molar-refractivity contribution in [2.45, 2.75) is 18.9 Å². The molecule has 0 aliphatic carbocycles. The average Bonchev–Trinajstić information content (AvgIpc) is 2.40. The summed E-state index contributed by atoms with van der Waals surface area (Å²) in [4.78, 5) is 0. The summed E-state index contributed by atoms with van der Waals surface area (Å²) in [6.07, 6.45) is 2.29. The van der Waals surface area contributed by atoms with Crippen molar-refractivity contribution in [1.29, 1.82) is 0 Å². The molecule has 1 heterocycles. The Kier molecular flexibility index (Phi) is 3.52. The molecular formula is C7H15NOS. The first-order valence-electron chi connectivity index (χ1n) is 3.77. The van der Waals surface area contributed by atoms with E-state index in [0.29, 0.717) is 0 Å². The predicted molar refractivity (Wildman–Crippen MR) is 45.1 cm³/mol. The van der Waals surface area contributed by atoms with Crippen molar-refractivity contribution < 1.29 is 5.11 Å². The normalized spacial score (nSPS) is 28.8. The lowest BCUT2D eigenvalue weighted by Crippen LogP contribution is -2.27. The van der Waals surface area contributed by atoms with Crippen LogP contribution in [0.15, 0.2) is 0 Å². The van der Waals surface area contributed by atoms with Crippen LogP contribution in [0.3, 0.4) is 0 Å². The third-order valence-electron chi connectivity index (χ3n) is 1.89. The number of aliphatic hydroxyl groups is 1. The van der Waals surface area contributed by atoms with Gasteiger partial charge >= 0.3 is 0 Å². The molecule has 0 aromatic heterocycles. The highest BCUT2D eigenvalue weighted by molar-refractivity contribution is 7.99. The summed E-state index contributed by atoms with van der Waals surface area (Å²) in [5, 5.41) is 8.66. The molecule has 0 spiro atoms. The zero-order valence-corrected chi connectivity index (χ0v) is 6.94. The summed E-state index contributed by atoms with van der Waals surface area (Å²) in [6, 6.07) is 0.0173. The van der Waals surface area contributed by atoms with Crippen molar-refractivity contribution in [1.82, 2.24) is 0 Å². The van der Waals surface area contributed by atoms with E-state index in [9.17, 15) is 0 Å². The van der Waals surface area contributed by atoms with E-state index in [1.54, 1.807) is 0 Å².